The zero-order valence-electron chi connectivity index (χ0n) is 13.7. The van der Waals surface area contributed by atoms with Crippen LogP contribution in [-0.2, 0) is 0 Å². The molecule has 1 amide bonds. The van der Waals surface area contributed by atoms with Gasteiger partial charge in [-0.3, -0.25) is 4.79 Å². The van der Waals surface area contributed by atoms with E-state index in [1.165, 1.54) is 11.1 Å². The molecule has 0 saturated carbocycles. The highest BCUT2D eigenvalue weighted by atomic mass is 16.5. The molecule has 0 spiro atoms. The van der Waals surface area contributed by atoms with Crippen molar-refractivity contribution in [2.24, 2.45) is 16.5 Å². The van der Waals surface area contributed by atoms with E-state index in [0.29, 0.717) is 12.2 Å². The maximum Gasteiger partial charge on any atom is 0.280 e. The molecule has 122 valence electrons. The summed E-state index contributed by atoms with van der Waals surface area (Å²) in [6.45, 7) is 4.64. The molecule has 1 aliphatic rings. The summed E-state index contributed by atoms with van der Waals surface area (Å²) in [6, 6.07) is 11.5. The molecule has 0 radical (unpaired) electrons. The van der Waals surface area contributed by atoms with E-state index in [1.807, 2.05) is 6.08 Å². The van der Waals surface area contributed by atoms with Crippen molar-refractivity contribution < 1.29 is 9.53 Å². The molecule has 0 saturated heterocycles. The minimum atomic E-state index is -0.469. The second-order valence-electron chi connectivity index (χ2n) is 5.80. The summed E-state index contributed by atoms with van der Waals surface area (Å²) in [7, 11) is 0. The van der Waals surface area contributed by atoms with E-state index in [9.17, 15) is 4.79 Å². The topological polar surface area (TPSA) is 90.7 Å². The first kappa shape index (κ1) is 15.8. The van der Waals surface area contributed by atoms with Crippen LogP contribution >= 0.6 is 0 Å². The highest BCUT2D eigenvalue weighted by Gasteiger charge is 2.19. The molecule has 0 bridgehead atoms. The van der Waals surface area contributed by atoms with Gasteiger partial charge in [-0.05, 0) is 54.8 Å². The number of carbonyl (C=O) groups is 1. The fourth-order valence-corrected chi connectivity index (χ4v) is 2.88. The Kier molecular flexibility index (Phi) is 4.08. The summed E-state index contributed by atoms with van der Waals surface area (Å²) in [4.78, 5) is 15.7. The van der Waals surface area contributed by atoms with Crippen molar-refractivity contribution in [3.05, 3.63) is 70.3 Å². The Morgan fingerprint density at radius 3 is 2.58 bits per heavy atom. The number of aryl methyl sites for hydroxylation is 2. The van der Waals surface area contributed by atoms with Gasteiger partial charge in [0.25, 0.3) is 5.91 Å². The zero-order chi connectivity index (χ0) is 17.3. The monoisotopic (exact) mass is 321 g/mol. The summed E-state index contributed by atoms with van der Waals surface area (Å²) in [5.41, 5.74) is 16.4. The van der Waals surface area contributed by atoms with E-state index in [4.69, 9.17) is 16.2 Å². The van der Waals surface area contributed by atoms with Gasteiger partial charge >= 0.3 is 0 Å². The molecule has 1 aliphatic heterocycles. The Labute approximate surface area is 140 Å². The van der Waals surface area contributed by atoms with Gasteiger partial charge in [0.05, 0.1) is 0 Å². The number of amides is 1. The minimum Gasteiger partial charge on any atom is -0.489 e. The van der Waals surface area contributed by atoms with Crippen molar-refractivity contribution >= 4 is 17.4 Å². The number of benzene rings is 2. The van der Waals surface area contributed by atoms with Gasteiger partial charge in [0.1, 0.15) is 12.4 Å². The van der Waals surface area contributed by atoms with E-state index in [0.717, 1.165) is 22.4 Å². The Hall–Kier alpha value is -3.08. The van der Waals surface area contributed by atoms with Crippen LogP contribution in [-0.4, -0.2) is 18.5 Å². The lowest BCUT2D eigenvalue weighted by molar-refractivity contribution is 0.100. The van der Waals surface area contributed by atoms with Gasteiger partial charge in [0.2, 0.25) is 0 Å². The molecule has 0 fully saturated rings. The van der Waals surface area contributed by atoms with Gasteiger partial charge in [-0.1, -0.05) is 23.8 Å². The van der Waals surface area contributed by atoms with Crippen molar-refractivity contribution in [2.45, 2.75) is 13.8 Å². The molecular formula is C19H19N3O2. The number of nitrogens with zero attached hydrogens (tertiary/aromatic N) is 1. The third-order valence-corrected chi connectivity index (χ3v) is 3.95. The molecule has 0 aliphatic carbocycles. The standard InChI is InChI=1S/C19H19N3O2/c1-11-3-5-14(12(2)9-11)15-7-8-24-17-6-4-13(10-16(15)17)18(23)22-19(20)21/h3-7,9-10H,8H2,1-2H3,(H4,20,21,22,23). The summed E-state index contributed by atoms with van der Waals surface area (Å²) in [5, 5.41) is 0. The van der Waals surface area contributed by atoms with Gasteiger partial charge in [0.15, 0.2) is 5.96 Å². The van der Waals surface area contributed by atoms with E-state index < -0.39 is 5.91 Å². The van der Waals surface area contributed by atoms with Gasteiger partial charge in [-0.2, -0.15) is 4.99 Å². The van der Waals surface area contributed by atoms with Crippen LogP contribution in [0.4, 0.5) is 0 Å². The molecule has 5 heteroatoms. The first-order chi connectivity index (χ1) is 11.5. The highest BCUT2D eigenvalue weighted by molar-refractivity contribution is 6.03. The van der Waals surface area contributed by atoms with E-state index in [2.05, 4.69) is 37.0 Å². The summed E-state index contributed by atoms with van der Waals surface area (Å²) < 4.78 is 5.68. The van der Waals surface area contributed by atoms with Crippen molar-refractivity contribution in [1.82, 2.24) is 0 Å². The Balaban J connectivity index is 2.09. The molecular weight excluding hydrogens is 302 g/mol. The summed E-state index contributed by atoms with van der Waals surface area (Å²) >= 11 is 0. The summed E-state index contributed by atoms with van der Waals surface area (Å²) in [5.74, 6) is 0.0243. The Morgan fingerprint density at radius 2 is 1.88 bits per heavy atom. The quantitative estimate of drug-likeness (QED) is 0.657. The third-order valence-electron chi connectivity index (χ3n) is 3.95. The molecule has 2 aromatic rings. The minimum absolute atomic E-state index is 0.251. The van der Waals surface area contributed by atoms with Crippen molar-refractivity contribution in [3.63, 3.8) is 0 Å². The Morgan fingerprint density at radius 1 is 1.08 bits per heavy atom. The molecule has 3 rings (SSSR count). The lowest BCUT2D eigenvalue weighted by atomic mass is 9.90. The largest absolute Gasteiger partial charge is 0.489 e. The number of aliphatic imine (C=N–C) groups is 1. The maximum absolute atomic E-state index is 12.1. The Bertz CT molecular complexity index is 878. The van der Waals surface area contributed by atoms with Crippen LogP contribution in [0.2, 0.25) is 0 Å². The number of rotatable bonds is 2. The molecule has 0 atom stereocenters. The number of hydrogen-bond acceptors (Lipinski definition) is 2. The molecule has 5 nitrogen and oxygen atoms in total. The smallest absolute Gasteiger partial charge is 0.280 e. The van der Waals surface area contributed by atoms with Crippen LogP contribution < -0.4 is 16.2 Å². The van der Waals surface area contributed by atoms with Crippen LogP contribution in [0.25, 0.3) is 5.57 Å². The number of fused-ring (bicyclic) bond motifs is 1. The van der Waals surface area contributed by atoms with Gasteiger partial charge in [0, 0.05) is 11.1 Å². The van der Waals surface area contributed by atoms with Crippen LogP contribution in [0.3, 0.4) is 0 Å². The number of ether oxygens (including phenoxy) is 1. The van der Waals surface area contributed by atoms with Gasteiger partial charge in [-0.25, -0.2) is 0 Å². The van der Waals surface area contributed by atoms with Crippen molar-refractivity contribution in [1.29, 1.82) is 0 Å². The second-order valence-corrected chi connectivity index (χ2v) is 5.80. The van der Waals surface area contributed by atoms with Crippen molar-refractivity contribution in [3.8, 4) is 5.75 Å². The predicted molar refractivity (Wildman–Crippen MR) is 95.1 cm³/mol. The number of guanidine groups is 1. The van der Waals surface area contributed by atoms with E-state index in [1.54, 1.807) is 18.2 Å². The number of hydrogen-bond donors (Lipinski definition) is 2. The molecule has 0 unspecified atom stereocenters. The molecule has 24 heavy (non-hydrogen) atoms. The second kappa shape index (κ2) is 6.20. The predicted octanol–water partition coefficient (Wildman–Crippen LogP) is 2.54. The van der Waals surface area contributed by atoms with E-state index >= 15 is 0 Å². The van der Waals surface area contributed by atoms with Crippen LogP contribution in [0.5, 0.6) is 5.75 Å². The molecule has 2 aromatic carbocycles. The number of carbonyl (C=O) groups excluding carboxylic acids is 1. The highest BCUT2D eigenvalue weighted by Crippen LogP contribution is 2.36. The summed E-state index contributed by atoms with van der Waals surface area (Å²) in [6.07, 6.45) is 2.02. The molecule has 4 N–H and O–H groups in total. The van der Waals surface area contributed by atoms with Crippen LogP contribution in [0, 0.1) is 13.8 Å². The first-order valence-corrected chi connectivity index (χ1v) is 7.64. The van der Waals surface area contributed by atoms with Crippen LogP contribution in [0.15, 0.2) is 47.5 Å². The molecule has 1 heterocycles. The SMILES string of the molecule is Cc1ccc(C2=CCOc3ccc(C(=O)N=C(N)N)cc32)c(C)c1. The van der Waals surface area contributed by atoms with Gasteiger partial charge in [-0.15, -0.1) is 0 Å². The normalized spacial score (nSPS) is 12.7. The fourth-order valence-electron chi connectivity index (χ4n) is 2.88. The first-order valence-electron chi connectivity index (χ1n) is 7.64. The average Bonchev–Trinajstić information content (AvgIpc) is 2.53. The maximum atomic E-state index is 12.1. The average molecular weight is 321 g/mol. The van der Waals surface area contributed by atoms with E-state index in [-0.39, 0.29) is 5.96 Å². The fraction of sp³-hybridized carbons (Fsp3) is 0.158. The van der Waals surface area contributed by atoms with Gasteiger partial charge < -0.3 is 16.2 Å². The zero-order valence-corrected chi connectivity index (χ0v) is 13.7. The lowest BCUT2D eigenvalue weighted by Crippen LogP contribution is -2.24. The van der Waals surface area contributed by atoms with Crippen molar-refractivity contribution in [2.75, 3.05) is 6.61 Å². The van der Waals surface area contributed by atoms with Crippen LogP contribution in [0.1, 0.15) is 32.6 Å². The third kappa shape index (κ3) is 3.01. The number of nitrogens with two attached hydrogens (primary N) is 2. The lowest BCUT2D eigenvalue weighted by Gasteiger charge is -2.21. The molecule has 0 aromatic heterocycles.